The van der Waals surface area contributed by atoms with Gasteiger partial charge in [0.25, 0.3) is 5.69 Å². The van der Waals surface area contributed by atoms with Crippen LogP contribution in [-0.2, 0) is 0 Å². The van der Waals surface area contributed by atoms with Crippen LogP contribution in [0.3, 0.4) is 0 Å². The van der Waals surface area contributed by atoms with Gasteiger partial charge in [0.1, 0.15) is 11.9 Å². The minimum atomic E-state index is -0.496. The quantitative estimate of drug-likeness (QED) is 0.479. The number of nitro groups is 1. The molecule has 0 N–H and O–H groups in total. The van der Waals surface area contributed by atoms with Gasteiger partial charge in [-0.1, -0.05) is 0 Å². The van der Waals surface area contributed by atoms with Crippen LogP contribution in [-0.4, -0.2) is 16.2 Å². The zero-order chi connectivity index (χ0) is 13.0. The third kappa shape index (κ3) is 2.98. The van der Waals surface area contributed by atoms with Crippen LogP contribution in [0.2, 0.25) is 0 Å². The van der Waals surface area contributed by atoms with Crippen molar-refractivity contribution < 1.29 is 9.66 Å². The fourth-order valence-electron chi connectivity index (χ4n) is 1.31. The molecule has 2 aromatic rings. The van der Waals surface area contributed by atoms with E-state index in [1.807, 2.05) is 30.5 Å². The van der Waals surface area contributed by atoms with Gasteiger partial charge in [-0.05, 0) is 30.5 Å². The van der Waals surface area contributed by atoms with Crippen LogP contribution in [0.25, 0.3) is 0 Å². The molecule has 1 aromatic carbocycles. The molecule has 0 radical (unpaired) electrons. The minimum Gasteiger partial charge on any atom is -0.439 e. The lowest BCUT2D eigenvalue weighted by atomic mass is 10.3. The Morgan fingerprint density at radius 2 is 1.94 bits per heavy atom. The molecule has 1 heterocycles. The Balaban J connectivity index is 2.10. The standard InChI is InChI=1S/C12H10N2O3S/c1-18-11-5-3-10(4-6-11)17-12-7-2-9(8-13-12)14(15)16/h2-8H,1H3. The molecule has 5 nitrogen and oxygen atoms in total. The van der Waals surface area contributed by atoms with Gasteiger partial charge in [0, 0.05) is 17.0 Å². The van der Waals surface area contributed by atoms with Crippen LogP contribution in [0.4, 0.5) is 5.69 Å². The van der Waals surface area contributed by atoms with E-state index in [4.69, 9.17) is 4.74 Å². The maximum absolute atomic E-state index is 10.5. The van der Waals surface area contributed by atoms with Gasteiger partial charge in [-0.2, -0.15) is 0 Å². The van der Waals surface area contributed by atoms with Gasteiger partial charge in [-0.15, -0.1) is 11.8 Å². The summed E-state index contributed by atoms with van der Waals surface area (Å²) in [5, 5.41) is 10.5. The molecular weight excluding hydrogens is 252 g/mol. The largest absolute Gasteiger partial charge is 0.439 e. The van der Waals surface area contributed by atoms with Crippen molar-refractivity contribution in [2.45, 2.75) is 4.90 Å². The van der Waals surface area contributed by atoms with Crippen molar-refractivity contribution in [2.24, 2.45) is 0 Å². The number of benzene rings is 1. The van der Waals surface area contributed by atoms with Crippen LogP contribution < -0.4 is 4.74 Å². The lowest BCUT2D eigenvalue weighted by Gasteiger charge is -2.04. The van der Waals surface area contributed by atoms with E-state index in [0.717, 1.165) is 4.90 Å². The smallest absolute Gasteiger partial charge is 0.287 e. The van der Waals surface area contributed by atoms with Crippen LogP contribution in [0.15, 0.2) is 47.5 Å². The van der Waals surface area contributed by atoms with Gasteiger partial charge in [0.15, 0.2) is 0 Å². The maximum atomic E-state index is 10.5. The van der Waals surface area contributed by atoms with Crippen molar-refractivity contribution in [3.63, 3.8) is 0 Å². The molecule has 0 unspecified atom stereocenters. The summed E-state index contributed by atoms with van der Waals surface area (Å²) in [5.74, 6) is 0.978. The second kappa shape index (κ2) is 5.50. The first-order valence-electron chi connectivity index (χ1n) is 5.11. The molecule has 0 amide bonds. The number of hydrogen-bond donors (Lipinski definition) is 0. The van der Waals surface area contributed by atoms with Crippen LogP contribution in [0, 0.1) is 10.1 Å². The summed E-state index contributed by atoms with van der Waals surface area (Å²) in [4.78, 5) is 15.0. The summed E-state index contributed by atoms with van der Waals surface area (Å²) < 4.78 is 5.47. The fraction of sp³-hybridized carbons (Fsp3) is 0.0833. The van der Waals surface area contributed by atoms with Gasteiger partial charge in [-0.25, -0.2) is 4.98 Å². The van der Waals surface area contributed by atoms with Crippen molar-refractivity contribution in [2.75, 3.05) is 6.26 Å². The topological polar surface area (TPSA) is 65.3 Å². The Labute approximate surface area is 108 Å². The average Bonchev–Trinajstić information content (AvgIpc) is 2.40. The predicted octanol–water partition coefficient (Wildman–Crippen LogP) is 3.50. The van der Waals surface area contributed by atoms with Gasteiger partial charge in [-0.3, -0.25) is 10.1 Å². The average molecular weight is 262 g/mol. The molecular formula is C12H10N2O3S. The zero-order valence-corrected chi connectivity index (χ0v) is 10.4. The number of rotatable bonds is 4. The minimum absolute atomic E-state index is 0.0555. The van der Waals surface area contributed by atoms with E-state index in [-0.39, 0.29) is 5.69 Å². The zero-order valence-electron chi connectivity index (χ0n) is 9.57. The molecule has 6 heteroatoms. The highest BCUT2D eigenvalue weighted by molar-refractivity contribution is 7.98. The number of thioether (sulfide) groups is 1. The van der Waals surface area contributed by atoms with E-state index in [2.05, 4.69) is 4.98 Å². The summed E-state index contributed by atoms with van der Waals surface area (Å²) in [6.07, 6.45) is 3.17. The van der Waals surface area contributed by atoms with E-state index in [1.165, 1.54) is 18.3 Å². The van der Waals surface area contributed by atoms with Gasteiger partial charge < -0.3 is 4.74 Å². The molecule has 0 saturated carbocycles. The summed E-state index contributed by atoms with van der Waals surface area (Å²) in [7, 11) is 0. The normalized spacial score (nSPS) is 10.1. The molecule has 92 valence electrons. The van der Waals surface area contributed by atoms with E-state index < -0.39 is 4.92 Å². The second-order valence-electron chi connectivity index (χ2n) is 3.39. The molecule has 0 bridgehead atoms. The number of aromatic nitrogens is 1. The molecule has 0 aliphatic heterocycles. The van der Waals surface area contributed by atoms with Crippen molar-refractivity contribution >= 4 is 17.4 Å². The van der Waals surface area contributed by atoms with Crippen molar-refractivity contribution in [3.05, 3.63) is 52.7 Å². The highest BCUT2D eigenvalue weighted by atomic mass is 32.2. The molecule has 1 aromatic heterocycles. The molecule has 18 heavy (non-hydrogen) atoms. The van der Waals surface area contributed by atoms with Crippen LogP contribution in [0.1, 0.15) is 0 Å². The molecule has 2 rings (SSSR count). The first-order valence-corrected chi connectivity index (χ1v) is 6.34. The molecule has 0 saturated heterocycles. The first-order chi connectivity index (χ1) is 8.69. The lowest BCUT2D eigenvalue weighted by Crippen LogP contribution is -1.91. The predicted molar refractivity (Wildman–Crippen MR) is 69.2 cm³/mol. The summed E-state index contributed by atoms with van der Waals surface area (Å²) in [6, 6.07) is 10.4. The monoisotopic (exact) mass is 262 g/mol. The van der Waals surface area contributed by atoms with E-state index >= 15 is 0 Å². The van der Waals surface area contributed by atoms with E-state index in [1.54, 1.807) is 11.8 Å². The highest BCUT2D eigenvalue weighted by Crippen LogP contribution is 2.23. The Morgan fingerprint density at radius 1 is 1.22 bits per heavy atom. The maximum Gasteiger partial charge on any atom is 0.287 e. The summed E-state index contributed by atoms with van der Waals surface area (Å²) in [5.41, 5.74) is -0.0555. The van der Waals surface area contributed by atoms with Crippen molar-refractivity contribution in [1.29, 1.82) is 0 Å². The van der Waals surface area contributed by atoms with E-state index in [0.29, 0.717) is 11.6 Å². The van der Waals surface area contributed by atoms with Crippen molar-refractivity contribution in [1.82, 2.24) is 4.98 Å². The molecule has 0 aliphatic rings. The Morgan fingerprint density at radius 3 is 2.44 bits per heavy atom. The Kier molecular flexibility index (Phi) is 3.78. The SMILES string of the molecule is CSc1ccc(Oc2ccc([N+](=O)[O-])cn2)cc1. The number of nitrogens with zero attached hydrogens (tertiary/aromatic N) is 2. The molecule has 0 atom stereocenters. The van der Waals surface area contributed by atoms with Gasteiger partial charge in [0.05, 0.1) is 4.92 Å². The van der Waals surface area contributed by atoms with Crippen molar-refractivity contribution in [3.8, 4) is 11.6 Å². The summed E-state index contributed by atoms with van der Waals surface area (Å²) >= 11 is 1.64. The third-order valence-corrected chi connectivity index (χ3v) is 2.96. The molecule has 0 spiro atoms. The van der Waals surface area contributed by atoms with E-state index in [9.17, 15) is 10.1 Å². The Hall–Kier alpha value is -2.08. The van der Waals surface area contributed by atoms with Gasteiger partial charge >= 0.3 is 0 Å². The van der Waals surface area contributed by atoms with Crippen LogP contribution >= 0.6 is 11.8 Å². The summed E-state index contributed by atoms with van der Waals surface area (Å²) in [6.45, 7) is 0. The molecule has 0 aliphatic carbocycles. The number of hydrogen-bond acceptors (Lipinski definition) is 5. The Bertz CT molecular complexity index is 540. The first kappa shape index (κ1) is 12.4. The third-order valence-electron chi connectivity index (χ3n) is 2.21. The van der Waals surface area contributed by atoms with Gasteiger partial charge in [0.2, 0.25) is 5.88 Å². The highest BCUT2D eigenvalue weighted by Gasteiger charge is 2.06. The fourth-order valence-corrected chi connectivity index (χ4v) is 1.71. The van der Waals surface area contributed by atoms with Crippen LogP contribution in [0.5, 0.6) is 11.6 Å². The molecule has 0 fully saturated rings. The number of ether oxygens (including phenoxy) is 1. The number of pyridine rings is 1. The second-order valence-corrected chi connectivity index (χ2v) is 4.27. The lowest BCUT2D eigenvalue weighted by molar-refractivity contribution is -0.385.